The highest BCUT2D eigenvalue weighted by molar-refractivity contribution is 5.95. The minimum Gasteiger partial charge on any atom is -0.360 e. The highest BCUT2D eigenvalue weighted by atomic mass is 16.5. The van der Waals surface area contributed by atoms with Gasteiger partial charge in [-0.15, -0.1) is 0 Å². The number of nitrogens with one attached hydrogen (secondary N) is 1. The third-order valence-electron chi connectivity index (χ3n) is 6.19. The van der Waals surface area contributed by atoms with Gasteiger partial charge in [0.2, 0.25) is 11.8 Å². The number of aryl methyl sites for hydroxylation is 2. The van der Waals surface area contributed by atoms with E-state index in [-0.39, 0.29) is 24.3 Å². The molecule has 2 aromatic rings. The summed E-state index contributed by atoms with van der Waals surface area (Å²) >= 11 is 0. The number of amides is 2. The molecule has 2 aliphatic heterocycles. The molecule has 0 saturated carbocycles. The second-order valence-corrected chi connectivity index (χ2v) is 9.29. The molecule has 4 rings (SSSR count). The highest BCUT2D eigenvalue weighted by Gasteiger charge is 2.32. The second-order valence-electron chi connectivity index (χ2n) is 9.29. The summed E-state index contributed by atoms with van der Waals surface area (Å²) in [7, 11) is 0. The van der Waals surface area contributed by atoms with Crippen molar-refractivity contribution < 1.29 is 14.1 Å². The molecule has 32 heavy (non-hydrogen) atoms. The average Bonchev–Trinajstić information content (AvgIpc) is 3.35. The number of hydrogen-bond acceptors (Lipinski definition) is 7. The topological polar surface area (TPSA) is 104 Å². The lowest BCUT2D eigenvalue weighted by molar-refractivity contribution is -0.119. The van der Waals surface area contributed by atoms with E-state index in [1.54, 1.807) is 13.0 Å². The molecule has 0 spiro atoms. The Morgan fingerprint density at radius 1 is 1.28 bits per heavy atom. The van der Waals surface area contributed by atoms with Crippen LogP contribution in [0.5, 0.6) is 0 Å². The van der Waals surface area contributed by atoms with Gasteiger partial charge in [0, 0.05) is 42.8 Å². The molecule has 0 radical (unpaired) electrons. The lowest BCUT2D eigenvalue weighted by Crippen LogP contribution is -2.38. The van der Waals surface area contributed by atoms with Crippen molar-refractivity contribution >= 4 is 23.5 Å². The Kier molecular flexibility index (Phi) is 6.55. The maximum Gasteiger partial charge on any atom is 0.239 e. The van der Waals surface area contributed by atoms with E-state index >= 15 is 0 Å². The van der Waals surface area contributed by atoms with Crippen LogP contribution in [0.1, 0.15) is 61.9 Å². The summed E-state index contributed by atoms with van der Waals surface area (Å²) in [6.07, 6.45) is 3.05. The largest absolute Gasteiger partial charge is 0.360 e. The minimum absolute atomic E-state index is 0.119. The van der Waals surface area contributed by atoms with E-state index < -0.39 is 0 Å². The number of aromatic nitrogens is 3. The van der Waals surface area contributed by atoms with Gasteiger partial charge in [-0.2, -0.15) is 0 Å². The van der Waals surface area contributed by atoms with Crippen molar-refractivity contribution in [3.8, 4) is 0 Å². The van der Waals surface area contributed by atoms with Crippen LogP contribution in [-0.2, 0) is 16.0 Å². The molecule has 2 amide bonds. The monoisotopic (exact) mass is 440 g/mol. The van der Waals surface area contributed by atoms with E-state index in [9.17, 15) is 9.59 Å². The summed E-state index contributed by atoms with van der Waals surface area (Å²) < 4.78 is 4.99. The molecule has 0 aromatic carbocycles. The van der Waals surface area contributed by atoms with E-state index in [1.165, 1.54) is 0 Å². The molecule has 1 atom stereocenters. The zero-order valence-corrected chi connectivity index (χ0v) is 19.3. The summed E-state index contributed by atoms with van der Waals surface area (Å²) in [5.41, 5.74) is 2.05. The molecule has 1 saturated heterocycles. The van der Waals surface area contributed by atoms with Gasteiger partial charge in [0.15, 0.2) is 5.82 Å². The molecule has 9 heteroatoms. The van der Waals surface area contributed by atoms with E-state index in [0.29, 0.717) is 43.4 Å². The first kappa shape index (κ1) is 22.4. The average molecular weight is 441 g/mol. The third kappa shape index (κ3) is 4.98. The van der Waals surface area contributed by atoms with Gasteiger partial charge < -0.3 is 9.84 Å². The number of likely N-dealkylation sites (tertiary alicyclic amines) is 1. The van der Waals surface area contributed by atoms with Crippen LogP contribution in [0.3, 0.4) is 0 Å². The molecule has 2 aromatic heterocycles. The Bertz CT molecular complexity index is 1000. The maximum atomic E-state index is 12.6. The molecule has 9 nitrogen and oxygen atoms in total. The maximum absolute atomic E-state index is 12.6. The fraction of sp³-hybridized carbons (Fsp3) is 0.609. The predicted octanol–water partition coefficient (Wildman–Crippen LogP) is 2.83. The van der Waals surface area contributed by atoms with Crippen molar-refractivity contribution in [2.24, 2.45) is 5.92 Å². The van der Waals surface area contributed by atoms with Crippen LogP contribution in [0.15, 0.2) is 10.6 Å². The minimum atomic E-state index is -0.119. The van der Waals surface area contributed by atoms with Crippen LogP contribution in [0.4, 0.5) is 11.6 Å². The van der Waals surface area contributed by atoms with Gasteiger partial charge in [-0.25, -0.2) is 9.97 Å². The number of carbonyl (C=O) groups is 2. The number of anilines is 2. The number of hydrogen-bond donors (Lipinski definition) is 1. The predicted molar refractivity (Wildman–Crippen MR) is 121 cm³/mol. The first-order chi connectivity index (χ1) is 15.3. The van der Waals surface area contributed by atoms with Crippen molar-refractivity contribution in [3.05, 3.63) is 28.9 Å². The highest BCUT2D eigenvalue weighted by Crippen LogP contribution is 2.32. The lowest BCUT2D eigenvalue weighted by Gasteiger charge is -2.30. The van der Waals surface area contributed by atoms with Crippen molar-refractivity contribution in [1.82, 2.24) is 20.0 Å². The standard InChI is InChI=1S/C23H32N6O3/c1-14(2)7-10-29-21(31)6-5-18-16(4)24-22(26-23(18)29)17-8-9-28(12-17)13-20(30)25-19-11-15(3)32-27-19/h11,14,17H,5-10,12-13H2,1-4H3,(H,25,27,30). The van der Waals surface area contributed by atoms with Crippen molar-refractivity contribution in [3.63, 3.8) is 0 Å². The van der Waals surface area contributed by atoms with Gasteiger partial charge >= 0.3 is 0 Å². The Morgan fingerprint density at radius 3 is 2.81 bits per heavy atom. The molecule has 172 valence electrons. The van der Waals surface area contributed by atoms with E-state index in [1.807, 2.05) is 11.8 Å². The van der Waals surface area contributed by atoms with Gasteiger partial charge in [0.25, 0.3) is 0 Å². The van der Waals surface area contributed by atoms with Gasteiger partial charge in [-0.3, -0.25) is 19.4 Å². The normalized spacial score (nSPS) is 19.0. The molecular weight excluding hydrogens is 408 g/mol. The first-order valence-electron chi connectivity index (χ1n) is 11.4. The molecule has 4 heterocycles. The van der Waals surface area contributed by atoms with Gasteiger partial charge in [0.1, 0.15) is 17.4 Å². The fourth-order valence-electron chi connectivity index (χ4n) is 4.40. The van der Waals surface area contributed by atoms with Crippen LogP contribution < -0.4 is 10.2 Å². The van der Waals surface area contributed by atoms with Crippen LogP contribution in [0, 0.1) is 19.8 Å². The molecule has 2 aliphatic rings. The van der Waals surface area contributed by atoms with Gasteiger partial charge in [-0.05, 0) is 45.6 Å². The first-order valence-corrected chi connectivity index (χ1v) is 11.4. The number of fused-ring (bicyclic) bond motifs is 1. The summed E-state index contributed by atoms with van der Waals surface area (Å²) in [4.78, 5) is 38.7. The molecular formula is C23H32N6O3. The summed E-state index contributed by atoms with van der Waals surface area (Å²) in [5, 5.41) is 6.57. The van der Waals surface area contributed by atoms with Crippen LogP contribution >= 0.6 is 0 Å². The quantitative estimate of drug-likeness (QED) is 0.706. The van der Waals surface area contributed by atoms with Crippen molar-refractivity contribution in [1.29, 1.82) is 0 Å². The summed E-state index contributed by atoms with van der Waals surface area (Å²) in [5.74, 6) is 3.35. The van der Waals surface area contributed by atoms with Gasteiger partial charge in [-0.1, -0.05) is 19.0 Å². The van der Waals surface area contributed by atoms with Crippen LogP contribution in [0.2, 0.25) is 0 Å². The summed E-state index contributed by atoms with van der Waals surface area (Å²) in [6, 6.07) is 1.70. The van der Waals surface area contributed by atoms with Crippen molar-refractivity contribution in [2.75, 3.05) is 36.4 Å². The van der Waals surface area contributed by atoms with E-state index in [2.05, 4.69) is 29.2 Å². The molecule has 1 N–H and O–H groups in total. The fourth-order valence-corrected chi connectivity index (χ4v) is 4.40. The van der Waals surface area contributed by atoms with Gasteiger partial charge in [0.05, 0.1) is 6.54 Å². The second kappa shape index (κ2) is 9.36. The van der Waals surface area contributed by atoms with Crippen LogP contribution in [-0.4, -0.2) is 58.0 Å². The Hall–Kier alpha value is -2.81. The zero-order chi connectivity index (χ0) is 22.8. The Morgan fingerprint density at radius 2 is 2.09 bits per heavy atom. The van der Waals surface area contributed by atoms with E-state index in [0.717, 1.165) is 42.3 Å². The Balaban J connectivity index is 1.44. The lowest BCUT2D eigenvalue weighted by atomic mass is 10.0. The molecule has 1 fully saturated rings. The molecule has 1 unspecified atom stereocenters. The summed E-state index contributed by atoms with van der Waals surface area (Å²) in [6.45, 7) is 10.6. The number of carbonyl (C=O) groups excluding carboxylic acids is 2. The van der Waals surface area contributed by atoms with Crippen LogP contribution in [0.25, 0.3) is 0 Å². The SMILES string of the molecule is Cc1cc(NC(=O)CN2CCC(c3nc(C)c4c(n3)N(CCC(C)C)C(=O)CC4)C2)no1. The van der Waals surface area contributed by atoms with Crippen molar-refractivity contribution in [2.45, 2.75) is 59.3 Å². The molecule has 0 bridgehead atoms. The smallest absolute Gasteiger partial charge is 0.239 e. The number of nitrogens with zero attached hydrogens (tertiary/aromatic N) is 5. The Labute approximate surface area is 188 Å². The zero-order valence-electron chi connectivity index (χ0n) is 19.3. The number of rotatable bonds is 7. The third-order valence-corrected chi connectivity index (χ3v) is 6.19. The van der Waals surface area contributed by atoms with E-state index in [4.69, 9.17) is 14.5 Å². The molecule has 0 aliphatic carbocycles.